The number of aromatic nitrogens is 1. The highest BCUT2D eigenvalue weighted by Gasteiger charge is 2.09. The lowest BCUT2D eigenvalue weighted by molar-refractivity contribution is 0.0797. The Balaban J connectivity index is 2.51. The summed E-state index contributed by atoms with van der Waals surface area (Å²) in [5.74, 6) is 1.04. The standard InChI is InChI=1S/C14H23NO3/c1-10(2)9-17-5-6-18-14-13(8-16)11(3)7-12(4)15-14/h7,10,16H,5-6,8-9H2,1-4H3. The van der Waals surface area contributed by atoms with E-state index < -0.39 is 0 Å². The monoisotopic (exact) mass is 253 g/mol. The van der Waals surface area contributed by atoms with Crippen LogP contribution < -0.4 is 4.74 Å². The van der Waals surface area contributed by atoms with Crippen LogP contribution in [-0.4, -0.2) is 29.9 Å². The van der Waals surface area contributed by atoms with Crippen molar-refractivity contribution in [2.24, 2.45) is 5.92 Å². The molecule has 0 aromatic carbocycles. The van der Waals surface area contributed by atoms with E-state index in [9.17, 15) is 5.11 Å². The third kappa shape index (κ3) is 4.63. The number of ether oxygens (including phenoxy) is 2. The first-order valence-electron chi connectivity index (χ1n) is 6.33. The summed E-state index contributed by atoms with van der Waals surface area (Å²) in [5.41, 5.74) is 2.65. The first-order valence-corrected chi connectivity index (χ1v) is 6.33. The summed E-state index contributed by atoms with van der Waals surface area (Å²) >= 11 is 0. The molecular weight excluding hydrogens is 230 g/mol. The van der Waals surface area contributed by atoms with Gasteiger partial charge in [-0.15, -0.1) is 0 Å². The number of aryl methyl sites for hydroxylation is 2. The number of nitrogens with zero attached hydrogens (tertiary/aromatic N) is 1. The van der Waals surface area contributed by atoms with Crippen LogP contribution >= 0.6 is 0 Å². The zero-order valence-electron chi connectivity index (χ0n) is 11.7. The van der Waals surface area contributed by atoms with Gasteiger partial charge in [0.1, 0.15) is 6.61 Å². The van der Waals surface area contributed by atoms with Crippen LogP contribution in [0.25, 0.3) is 0 Å². The Labute approximate surface area is 109 Å². The second-order valence-electron chi connectivity index (χ2n) is 4.84. The van der Waals surface area contributed by atoms with E-state index in [1.165, 1.54) is 0 Å². The lowest BCUT2D eigenvalue weighted by atomic mass is 10.1. The molecule has 0 saturated carbocycles. The number of aliphatic hydroxyl groups is 1. The molecule has 0 aliphatic heterocycles. The van der Waals surface area contributed by atoms with Gasteiger partial charge in [-0.1, -0.05) is 13.8 Å². The van der Waals surface area contributed by atoms with Gasteiger partial charge in [-0.3, -0.25) is 0 Å². The number of rotatable bonds is 7. The molecule has 4 nitrogen and oxygen atoms in total. The molecule has 1 aromatic heterocycles. The highest BCUT2D eigenvalue weighted by atomic mass is 16.5. The first-order chi connectivity index (χ1) is 8.54. The summed E-state index contributed by atoms with van der Waals surface area (Å²) in [6, 6.07) is 1.94. The van der Waals surface area contributed by atoms with Crippen LogP contribution in [0.3, 0.4) is 0 Å². The molecule has 0 spiro atoms. The minimum atomic E-state index is -0.0543. The van der Waals surface area contributed by atoms with Gasteiger partial charge < -0.3 is 14.6 Å². The average Bonchev–Trinajstić information content (AvgIpc) is 2.27. The number of pyridine rings is 1. The van der Waals surface area contributed by atoms with Crippen molar-refractivity contribution in [2.75, 3.05) is 19.8 Å². The molecule has 18 heavy (non-hydrogen) atoms. The van der Waals surface area contributed by atoms with Crippen molar-refractivity contribution in [1.29, 1.82) is 0 Å². The Morgan fingerprint density at radius 2 is 2.00 bits per heavy atom. The Hall–Kier alpha value is -1.13. The molecule has 0 aliphatic carbocycles. The predicted octanol–water partition coefficient (Wildman–Crippen LogP) is 2.24. The fourth-order valence-electron chi connectivity index (χ4n) is 1.66. The Bertz CT molecular complexity index is 378. The Morgan fingerprint density at radius 1 is 1.28 bits per heavy atom. The molecule has 0 fully saturated rings. The largest absolute Gasteiger partial charge is 0.475 e. The minimum Gasteiger partial charge on any atom is -0.475 e. The van der Waals surface area contributed by atoms with Crippen LogP contribution in [0, 0.1) is 19.8 Å². The summed E-state index contributed by atoms with van der Waals surface area (Å²) < 4.78 is 11.0. The molecule has 0 aliphatic rings. The average molecular weight is 253 g/mol. The van der Waals surface area contributed by atoms with Gasteiger partial charge in [-0.2, -0.15) is 0 Å². The smallest absolute Gasteiger partial charge is 0.219 e. The molecule has 0 saturated heterocycles. The van der Waals surface area contributed by atoms with Crippen molar-refractivity contribution in [1.82, 2.24) is 4.98 Å². The number of aliphatic hydroxyl groups excluding tert-OH is 1. The lowest BCUT2D eigenvalue weighted by Crippen LogP contribution is -2.12. The second-order valence-corrected chi connectivity index (χ2v) is 4.84. The van der Waals surface area contributed by atoms with E-state index in [0.717, 1.165) is 23.4 Å². The van der Waals surface area contributed by atoms with E-state index in [0.29, 0.717) is 25.0 Å². The summed E-state index contributed by atoms with van der Waals surface area (Å²) in [4.78, 5) is 4.30. The highest BCUT2D eigenvalue weighted by molar-refractivity contribution is 5.35. The minimum absolute atomic E-state index is 0.0543. The third-order valence-corrected chi connectivity index (χ3v) is 2.51. The molecule has 1 heterocycles. The molecule has 1 N–H and O–H groups in total. The van der Waals surface area contributed by atoms with Crippen LogP contribution in [0.15, 0.2) is 6.07 Å². The second kappa shape index (κ2) is 7.34. The zero-order chi connectivity index (χ0) is 13.5. The summed E-state index contributed by atoms with van der Waals surface area (Å²) in [5, 5.41) is 9.31. The van der Waals surface area contributed by atoms with Gasteiger partial charge in [0, 0.05) is 17.9 Å². The predicted molar refractivity (Wildman–Crippen MR) is 70.8 cm³/mol. The van der Waals surface area contributed by atoms with E-state index >= 15 is 0 Å². The number of hydrogen-bond donors (Lipinski definition) is 1. The fraction of sp³-hybridized carbons (Fsp3) is 0.643. The maximum atomic E-state index is 9.31. The van der Waals surface area contributed by atoms with Crippen LogP contribution in [0.1, 0.15) is 30.7 Å². The van der Waals surface area contributed by atoms with Gasteiger partial charge in [0.05, 0.1) is 13.2 Å². The molecule has 0 atom stereocenters. The van der Waals surface area contributed by atoms with Gasteiger partial charge in [0.25, 0.3) is 0 Å². The first kappa shape index (κ1) is 14.9. The van der Waals surface area contributed by atoms with Gasteiger partial charge in [0.2, 0.25) is 5.88 Å². The SMILES string of the molecule is Cc1cc(C)c(CO)c(OCCOCC(C)C)n1. The Morgan fingerprint density at radius 3 is 2.61 bits per heavy atom. The van der Waals surface area contributed by atoms with Crippen LogP contribution in [0.2, 0.25) is 0 Å². The van der Waals surface area contributed by atoms with Gasteiger partial charge in [-0.25, -0.2) is 4.98 Å². The van der Waals surface area contributed by atoms with Gasteiger partial charge in [-0.05, 0) is 31.4 Å². The molecule has 0 amide bonds. The molecule has 0 unspecified atom stereocenters. The molecule has 1 rings (SSSR count). The molecule has 0 bridgehead atoms. The molecule has 102 valence electrons. The summed E-state index contributed by atoms with van der Waals surface area (Å²) in [7, 11) is 0. The maximum absolute atomic E-state index is 9.31. The van der Waals surface area contributed by atoms with Crippen molar-refractivity contribution in [2.45, 2.75) is 34.3 Å². The van der Waals surface area contributed by atoms with Crippen LogP contribution in [0.5, 0.6) is 5.88 Å². The van der Waals surface area contributed by atoms with Crippen molar-refractivity contribution < 1.29 is 14.6 Å². The van der Waals surface area contributed by atoms with E-state index in [2.05, 4.69) is 18.8 Å². The number of hydrogen-bond acceptors (Lipinski definition) is 4. The van der Waals surface area contributed by atoms with E-state index in [1.807, 2.05) is 19.9 Å². The zero-order valence-corrected chi connectivity index (χ0v) is 11.7. The van der Waals surface area contributed by atoms with E-state index in [1.54, 1.807) is 0 Å². The molecule has 0 radical (unpaired) electrons. The highest BCUT2D eigenvalue weighted by Crippen LogP contribution is 2.20. The van der Waals surface area contributed by atoms with E-state index in [-0.39, 0.29) is 6.61 Å². The van der Waals surface area contributed by atoms with Crippen molar-refractivity contribution in [3.63, 3.8) is 0 Å². The van der Waals surface area contributed by atoms with Crippen molar-refractivity contribution >= 4 is 0 Å². The topological polar surface area (TPSA) is 51.6 Å². The van der Waals surface area contributed by atoms with Crippen LogP contribution in [0.4, 0.5) is 0 Å². The molecular formula is C14H23NO3. The van der Waals surface area contributed by atoms with Crippen molar-refractivity contribution in [3.8, 4) is 5.88 Å². The summed E-state index contributed by atoms with van der Waals surface area (Å²) in [6.45, 7) is 9.75. The maximum Gasteiger partial charge on any atom is 0.219 e. The van der Waals surface area contributed by atoms with Crippen molar-refractivity contribution in [3.05, 3.63) is 22.9 Å². The lowest BCUT2D eigenvalue weighted by Gasteiger charge is -2.13. The Kier molecular flexibility index (Phi) is 6.09. The quantitative estimate of drug-likeness (QED) is 0.757. The fourth-order valence-corrected chi connectivity index (χ4v) is 1.66. The molecule has 1 aromatic rings. The van der Waals surface area contributed by atoms with E-state index in [4.69, 9.17) is 9.47 Å². The molecule has 4 heteroatoms. The van der Waals surface area contributed by atoms with Crippen LogP contribution in [-0.2, 0) is 11.3 Å². The third-order valence-electron chi connectivity index (χ3n) is 2.51. The normalized spacial score (nSPS) is 11.0. The van der Waals surface area contributed by atoms with Gasteiger partial charge >= 0.3 is 0 Å². The summed E-state index contributed by atoms with van der Waals surface area (Å²) in [6.07, 6.45) is 0. The van der Waals surface area contributed by atoms with Gasteiger partial charge in [0.15, 0.2) is 0 Å².